The van der Waals surface area contributed by atoms with E-state index in [0.29, 0.717) is 22.7 Å². The lowest BCUT2D eigenvalue weighted by molar-refractivity contribution is 0.100. The molecule has 7 heteroatoms. The van der Waals surface area contributed by atoms with Crippen LogP contribution < -0.4 is 21.1 Å². The SMILES string of the molecule is COc1ccc(C)cc1NC(=O)Nc1ccc(-n2ccc(C(N)=O)c2)cc1. The second-order valence-electron chi connectivity index (χ2n) is 6.00. The molecule has 0 atom stereocenters. The molecule has 7 nitrogen and oxygen atoms in total. The number of carbonyl (C=O) groups excluding carboxylic acids is 2. The molecular weight excluding hydrogens is 344 g/mol. The van der Waals surface area contributed by atoms with Crippen LogP contribution >= 0.6 is 0 Å². The minimum atomic E-state index is -0.477. The molecule has 0 radical (unpaired) electrons. The lowest BCUT2D eigenvalue weighted by Gasteiger charge is -2.12. The number of aromatic nitrogens is 1. The van der Waals surface area contributed by atoms with Crippen LogP contribution in [0.1, 0.15) is 15.9 Å². The van der Waals surface area contributed by atoms with E-state index in [2.05, 4.69) is 10.6 Å². The van der Waals surface area contributed by atoms with Crippen molar-refractivity contribution in [1.82, 2.24) is 4.57 Å². The molecule has 4 N–H and O–H groups in total. The highest BCUT2D eigenvalue weighted by molar-refractivity contribution is 6.00. The third-order valence-electron chi connectivity index (χ3n) is 4.00. The van der Waals surface area contributed by atoms with E-state index in [-0.39, 0.29) is 6.03 Å². The number of rotatable bonds is 5. The van der Waals surface area contributed by atoms with Gasteiger partial charge in [-0.15, -0.1) is 0 Å². The van der Waals surface area contributed by atoms with Crippen LogP contribution in [0.3, 0.4) is 0 Å². The number of aryl methyl sites for hydroxylation is 1. The molecule has 0 saturated heterocycles. The molecule has 0 saturated carbocycles. The van der Waals surface area contributed by atoms with Gasteiger partial charge in [-0.2, -0.15) is 0 Å². The fourth-order valence-corrected chi connectivity index (χ4v) is 2.62. The number of urea groups is 1. The second kappa shape index (κ2) is 7.65. The minimum Gasteiger partial charge on any atom is -0.495 e. The number of ether oxygens (including phenoxy) is 1. The maximum Gasteiger partial charge on any atom is 0.323 e. The van der Waals surface area contributed by atoms with Crippen LogP contribution in [0.15, 0.2) is 60.9 Å². The third-order valence-corrected chi connectivity index (χ3v) is 4.00. The Hall–Kier alpha value is -3.74. The highest BCUT2D eigenvalue weighted by Crippen LogP contribution is 2.25. The summed E-state index contributed by atoms with van der Waals surface area (Å²) in [6, 6.07) is 14.0. The van der Waals surface area contributed by atoms with Crippen molar-refractivity contribution in [3.8, 4) is 11.4 Å². The van der Waals surface area contributed by atoms with Crippen molar-refractivity contribution in [2.75, 3.05) is 17.7 Å². The molecule has 0 fully saturated rings. The van der Waals surface area contributed by atoms with Crippen LogP contribution in [-0.2, 0) is 0 Å². The van der Waals surface area contributed by atoms with E-state index in [1.54, 1.807) is 48.3 Å². The number of hydrogen-bond donors (Lipinski definition) is 3. The molecule has 1 aromatic heterocycles. The van der Waals surface area contributed by atoms with Crippen LogP contribution in [-0.4, -0.2) is 23.6 Å². The summed E-state index contributed by atoms with van der Waals surface area (Å²) in [6.45, 7) is 1.94. The van der Waals surface area contributed by atoms with Gasteiger partial charge in [0, 0.05) is 23.8 Å². The predicted molar refractivity (Wildman–Crippen MR) is 105 cm³/mol. The van der Waals surface area contributed by atoms with E-state index in [4.69, 9.17) is 10.5 Å². The molecule has 138 valence electrons. The second-order valence-corrected chi connectivity index (χ2v) is 6.00. The summed E-state index contributed by atoms with van der Waals surface area (Å²) < 4.78 is 7.04. The number of carbonyl (C=O) groups is 2. The number of benzene rings is 2. The van der Waals surface area contributed by atoms with Crippen LogP contribution in [0, 0.1) is 6.92 Å². The quantitative estimate of drug-likeness (QED) is 0.646. The monoisotopic (exact) mass is 364 g/mol. The van der Waals surface area contributed by atoms with Crippen molar-refractivity contribution in [3.63, 3.8) is 0 Å². The maximum absolute atomic E-state index is 12.3. The molecular formula is C20H20N4O3. The summed E-state index contributed by atoms with van der Waals surface area (Å²) in [7, 11) is 1.55. The number of anilines is 2. The Morgan fingerprint density at radius 2 is 1.78 bits per heavy atom. The highest BCUT2D eigenvalue weighted by Gasteiger charge is 2.09. The number of nitrogens with zero attached hydrogens (tertiary/aromatic N) is 1. The first-order valence-corrected chi connectivity index (χ1v) is 8.27. The summed E-state index contributed by atoms with van der Waals surface area (Å²) in [5.74, 6) is 0.110. The van der Waals surface area contributed by atoms with Gasteiger partial charge in [0.05, 0.1) is 18.4 Å². The summed E-state index contributed by atoms with van der Waals surface area (Å²) in [5, 5.41) is 5.56. The zero-order valence-electron chi connectivity index (χ0n) is 15.0. The smallest absolute Gasteiger partial charge is 0.323 e. The predicted octanol–water partition coefficient (Wildman–Crippen LogP) is 3.54. The molecule has 27 heavy (non-hydrogen) atoms. The number of nitrogens with two attached hydrogens (primary N) is 1. The summed E-state index contributed by atoms with van der Waals surface area (Å²) >= 11 is 0. The number of amides is 3. The van der Waals surface area contributed by atoms with Gasteiger partial charge in [0.1, 0.15) is 5.75 Å². The molecule has 0 aliphatic heterocycles. The normalized spacial score (nSPS) is 10.3. The van der Waals surface area contributed by atoms with Crippen molar-refractivity contribution in [1.29, 1.82) is 0 Å². The topological polar surface area (TPSA) is 98.4 Å². The molecule has 0 aliphatic rings. The Labute approximate surface area is 156 Å². The van der Waals surface area contributed by atoms with E-state index in [9.17, 15) is 9.59 Å². The van der Waals surface area contributed by atoms with Gasteiger partial charge in [-0.3, -0.25) is 4.79 Å². The Morgan fingerprint density at radius 3 is 2.41 bits per heavy atom. The molecule has 3 amide bonds. The molecule has 2 aromatic carbocycles. The molecule has 0 unspecified atom stereocenters. The van der Waals surface area contributed by atoms with Gasteiger partial charge in [-0.05, 0) is 55.0 Å². The first-order chi connectivity index (χ1) is 13.0. The first-order valence-electron chi connectivity index (χ1n) is 8.27. The molecule has 3 rings (SSSR count). The first kappa shape index (κ1) is 18.1. The average Bonchev–Trinajstić information content (AvgIpc) is 3.13. The Kier molecular flexibility index (Phi) is 5.12. The van der Waals surface area contributed by atoms with Gasteiger partial charge in [-0.25, -0.2) is 4.79 Å². The Morgan fingerprint density at radius 1 is 1.04 bits per heavy atom. The van der Waals surface area contributed by atoms with Crippen LogP contribution in [0.2, 0.25) is 0 Å². The van der Waals surface area contributed by atoms with Crippen molar-refractivity contribution in [2.24, 2.45) is 5.73 Å². The molecule has 0 spiro atoms. The van der Waals surface area contributed by atoms with E-state index < -0.39 is 5.91 Å². The van der Waals surface area contributed by atoms with Crippen LogP contribution in [0.4, 0.5) is 16.2 Å². The van der Waals surface area contributed by atoms with Gasteiger partial charge in [0.2, 0.25) is 5.91 Å². The largest absolute Gasteiger partial charge is 0.495 e. The lowest BCUT2D eigenvalue weighted by atomic mass is 10.2. The van der Waals surface area contributed by atoms with E-state index in [0.717, 1.165) is 11.3 Å². The van der Waals surface area contributed by atoms with Crippen molar-refractivity contribution in [2.45, 2.75) is 6.92 Å². The maximum atomic E-state index is 12.3. The van der Waals surface area contributed by atoms with Crippen LogP contribution in [0.25, 0.3) is 5.69 Å². The van der Waals surface area contributed by atoms with Crippen molar-refractivity contribution < 1.29 is 14.3 Å². The lowest BCUT2D eigenvalue weighted by Crippen LogP contribution is -2.19. The molecule has 0 aliphatic carbocycles. The van der Waals surface area contributed by atoms with Crippen molar-refractivity contribution >= 4 is 23.3 Å². The average molecular weight is 364 g/mol. The third kappa shape index (κ3) is 4.27. The number of hydrogen-bond acceptors (Lipinski definition) is 3. The summed E-state index contributed by atoms with van der Waals surface area (Å²) in [6.07, 6.45) is 3.40. The number of nitrogens with one attached hydrogen (secondary N) is 2. The van der Waals surface area contributed by atoms with Gasteiger partial charge >= 0.3 is 6.03 Å². The van der Waals surface area contributed by atoms with E-state index in [1.165, 1.54) is 0 Å². The highest BCUT2D eigenvalue weighted by atomic mass is 16.5. The van der Waals surface area contributed by atoms with Gasteiger partial charge < -0.3 is 25.7 Å². The zero-order chi connectivity index (χ0) is 19.4. The standard InChI is InChI=1S/C20H20N4O3/c1-13-3-8-18(27-2)17(11-13)23-20(26)22-15-4-6-16(7-5-15)24-10-9-14(12-24)19(21)25/h3-12H,1-2H3,(H2,21,25)(H2,22,23,26). The number of primary amides is 1. The molecule has 1 heterocycles. The fourth-order valence-electron chi connectivity index (χ4n) is 2.62. The number of methoxy groups -OCH3 is 1. The van der Waals surface area contributed by atoms with Gasteiger partial charge in [0.15, 0.2) is 0 Å². The van der Waals surface area contributed by atoms with Crippen molar-refractivity contribution in [3.05, 3.63) is 72.1 Å². The van der Waals surface area contributed by atoms with Gasteiger partial charge in [-0.1, -0.05) is 6.07 Å². The van der Waals surface area contributed by atoms with E-state index in [1.807, 2.05) is 31.2 Å². The fraction of sp³-hybridized carbons (Fsp3) is 0.100. The summed E-state index contributed by atoms with van der Waals surface area (Å²) in [5.41, 5.74) is 8.77. The Balaban J connectivity index is 1.68. The Bertz CT molecular complexity index is 977. The minimum absolute atomic E-state index is 0.372. The van der Waals surface area contributed by atoms with E-state index >= 15 is 0 Å². The molecule has 0 bridgehead atoms. The van der Waals surface area contributed by atoms with Crippen LogP contribution in [0.5, 0.6) is 5.75 Å². The molecule has 3 aromatic rings. The zero-order valence-corrected chi connectivity index (χ0v) is 15.0. The summed E-state index contributed by atoms with van der Waals surface area (Å²) in [4.78, 5) is 23.4. The van der Waals surface area contributed by atoms with Gasteiger partial charge in [0.25, 0.3) is 0 Å².